The molecule has 3 aromatic rings. The van der Waals surface area contributed by atoms with Gasteiger partial charge in [-0.3, -0.25) is 29.0 Å². The molecule has 4 atom stereocenters. The van der Waals surface area contributed by atoms with Gasteiger partial charge in [0, 0.05) is 17.5 Å². The highest BCUT2D eigenvalue weighted by molar-refractivity contribution is 6.07. The van der Waals surface area contributed by atoms with Gasteiger partial charge in [-0.15, -0.1) is 0 Å². The van der Waals surface area contributed by atoms with Crippen LogP contribution in [0.25, 0.3) is 10.9 Å². The van der Waals surface area contributed by atoms with Crippen LogP contribution in [0.5, 0.6) is 0 Å². The van der Waals surface area contributed by atoms with Gasteiger partial charge in [0.25, 0.3) is 5.91 Å². The SMILES string of the molecule is CC(C)(C)NC(=O)C1CCCCN1C([C@H](O)CCc1ccccc1)N(C(=O)c1ccc2ccccc2n1)C(=O)[C@@H](N)CC(N)=O. The first-order valence-electron chi connectivity index (χ1n) is 15.4. The van der Waals surface area contributed by atoms with Crippen LogP contribution in [-0.4, -0.2) is 80.0 Å². The van der Waals surface area contributed by atoms with Gasteiger partial charge in [0.1, 0.15) is 11.9 Å². The van der Waals surface area contributed by atoms with Crippen LogP contribution in [0.3, 0.4) is 0 Å². The Morgan fingerprint density at radius 2 is 1.71 bits per heavy atom. The molecule has 4 amide bonds. The van der Waals surface area contributed by atoms with E-state index in [1.807, 2.05) is 63.2 Å². The minimum atomic E-state index is -1.46. The molecule has 1 saturated heterocycles. The number of aromatic nitrogens is 1. The predicted molar refractivity (Wildman–Crippen MR) is 172 cm³/mol. The van der Waals surface area contributed by atoms with Crippen LogP contribution in [0.4, 0.5) is 0 Å². The second kappa shape index (κ2) is 14.7. The zero-order valence-electron chi connectivity index (χ0n) is 26.2. The number of aliphatic hydroxyl groups is 1. The van der Waals surface area contributed by atoms with Crippen LogP contribution >= 0.6 is 0 Å². The number of benzene rings is 2. The smallest absolute Gasteiger partial charge is 0.280 e. The predicted octanol–water partition coefficient (Wildman–Crippen LogP) is 2.50. The molecule has 6 N–H and O–H groups in total. The van der Waals surface area contributed by atoms with Crippen LogP contribution in [0.15, 0.2) is 66.7 Å². The van der Waals surface area contributed by atoms with Crippen LogP contribution in [0, 0.1) is 0 Å². The summed E-state index contributed by atoms with van der Waals surface area (Å²) in [7, 11) is 0. The number of nitrogens with one attached hydrogen (secondary N) is 1. The lowest BCUT2D eigenvalue weighted by atomic mass is 9.95. The number of nitrogens with two attached hydrogens (primary N) is 2. The Morgan fingerprint density at radius 1 is 1.02 bits per heavy atom. The summed E-state index contributed by atoms with van der Waals surface area (Å²) in [5.41, 5.74) is 12.5. The van der Waals surface area contributed by atoms with E-state index in [4.69, 9.17) is 11.5 Å². The lowest BCUT2D eigenvalue weighted by Crippen LogP contribution is -2.67. The fourth-order valence-corrected chi connectivity index (χ4v) is 5.80. The summed E-state index contributed by atoms with van der Waals surface area (Å²) in [6.07, 6.45) is -0.551. The minimum absolute atomic E-state index is 0.0405. The molecule has 0 bridgehead atoms. The molecule has 45 heavy (non-hydrogen) atoms. The van der Waals surface area contributed by atoms with Crippen molar-refractivity contribution in [1.29, 1.82) is 0 Å². The van der Waals surface area contributed by atoms with Gasteiger partial charge in [0.2, 0.25) is 17.7 Å². The van der Waals surface area contributed by atoms with Crippen molar-refractivity contribution in [3.63, 3.8) is 0 Å². The number of carbonyl (C=O) groups excluding carboxylic acids is 4. The molecule has 1 aliphatic heterocycles. The number of aliphatic hydroxyl groups excluding tert-OH is 1. The molecule has 0 saturated carbocycles. The molecule has 2 unspecified atom stereocenters. The molecule has 1 aliphatic rings. The zero-order chi connectivity index (χ0) is 32.7. The number of para-hydroxylation sites is 1. The lowest BCUT2D eigenvalue weighted by Gasteiger charge is -2.46. The van der Waals surface area contributed by atoms with Gasteiger partial charge in [-0.25, -0.2) is 4.98 Å². The molecule has 11 heteroatoms. The Hall–Kier alpha value is -4.19. The molecule has 2 heterocycles. The number of primary amides is 1. The number of rotatable bonds is 11. The molecule has 0 radical (unpaired) electrons. The van der Waals surface area contributed by atoms with E-state index in [-0.39, 0.29) is 18.0 Å². The molecule has 4 rings (SSSR count). The highest BCUT2D eigenvalue weighted by Gasteiger charge is 2.46. The standard InChI is InChI=1S/C34H44N6O5/c1-34(2,3)38-30(43)27-15-9-10-20-39(27)31(28(41)19-16-22-11-5-4-6-12-22)40(32(44)24(35)21-29(36)42)33(45)26-18-17-23-13-7-8-14-25(23)37-26/h4-8,11-14,17-18,24,27-28,31,41H,9-10,15-16,19-21,35H2,1-3H3,(H2,36,42)(H,38,43)/t24-,27?,28+,31?/m0/s1. The van der Waals surface area contributed by atoms with Crippen molar-refractivity contribution in [2.24, 2.45) is 11.5 Å². The maximum absolute atomic E-state index is 14.4. The summed E-state index contributed by atoms with van der Waals surface area (Å²) in [5.74, 6) is -2.77. The number of carbonyl (C=O) groups is 4. The summed E-state index contributed by atoms with van der Waals surface area (Å²) >= 11 is 0. The van der Waals surface area contributed by atoms with Crippen molar-refractivity contribution < 1.29 is 24.3 Å². The number of aryl methyl sites for hydroxylation is 1. The third kappa shape index (κ3) is 8.72. The third-order valence-electron chi connectivity index (χ3n) is 7.88. The number of likely N-dealkylation sites (tertiary alicyclic amines) is 1. The first kappa shape index (κ1) is 33.7. The lowest BCUT2D eigenvalue weighted by molar-refractivity contribution is -0.149. The van der Waals surface area contributed by atoms with Gasteiger partial charge in [-0.2, -0.15) is 0 Å². The molecule has 2 aromatic carbocycles. The molecular formula is C34H44N6O5. The van der Waals surface area contributed by atoms with Crippen LogP contribution < -0.4 is 16.8 Å². The number of piperidine rings is 1. The number of pyridine rings is 1. The van der Waals surface area contributed by atoms with E-state index in [2.05, 4.69) is 10.3 Å². The maximum Gasteiger partial charge on any atom is 0.280 e. The Balaban J connectivity index is 1.82. The largest absolute Gasteiger partial charge is 0.390 e. The first-order chi connectivity index (χ1) is 21.4. The first-order valence-corrected chi connectivity index (χ1v) is 15.4. The number of fused-ring (bicyclic) bond motifs is 1. The molecular weight excluding hydrogens is 572 g/mol. The second-order valence-electron chi connectivity index (χ2n) is 12.7. The van der Waals surface area contributed by atoms with Crippen molar-refractivity contribution in [2.45, 2.75) is 89.2 Å². The molecule has 0 aliphatic carbocycles. The van der Waals surface area contributed by atoms with E-state index in [9.17, 15) is 24.3 Å². The van der Waals surface area contributed by atoms with Gasteiger partial charge >= 0.3 is 0 Å². The Bertz CT molecular complexity index is 1510. The fraction of sp³-hybridized carbons (Fsp3) is 0.441. The average Bonchev–Trinajstić information content (AvgIpc) is 3.01. The number of hydrogen-bond donors (Lipinski definition) is 4. The van der Waals surface area contributed by atoms with Gasteiger partial charge in [0.15, 0.2) is 0 Å². The van der Waals surface area contributed by atoms with Crippen LogP contribution in [-0.2, 0) is 20.8 Å². The van der Waals surface area contributed by atoms with E-state index < -0.39 is 54.0 Å². The van der Waals surface area contributed by atoms with Crippen LogP contribution in [0.2, 0.25) is 0 Å². The van der Waals surface area contributed by atoms with E-state index in [1.54, 1.807) is 23.1 Å². The summed E-state index contributed by atoms with van der Waals surface area (Å²) < 4.78 is 0. The van der Waals surface area contributed by atoms with Crippen molar-refractivity contribution in [2.75, 3.05) is 6.54 Å². The average molecular weight is 617 g/mol. The van der Waals surface area contributed by atoms with Gasteiger partial charge in [0.05, 0.1) is 30.1 Å². The Labute approximate surface area is 264 Å². The highest BCUT2D eigenvalue weighted by Crippen LogP contribution is 2.28. The molecule has 240 valence electrons. The molecule has 0 spiro atoms. The minimum Gasteiger partial charge on any atom is -0.390 e. The summed E-state index contributed by atoms with van der Waals surface area (Å²) in [4.78, 5) is 61.2. The summed E-state index contributed by atoms with van der Waals surface area (Å²) in [6.45, 7) is 5.95. The quantitative estimate of drug-likeness (QED) is 0.254. The Morgan fingerprint density at radius 3 is 2.40 bits per heavy atom. The molecule has 11 nitrogen and oxygen atoms in total. The van der Waals surface area contributed by atoms with Crippen molar-refractivity contribution >= 4 is 34.5 Å². The number of imide groups is 1. The van der Waals surface area contributed by atoms with E-state index in [1.165, 1.54) is 6.07 Å². The van der Waals surface area contributed by atoms with E-state index >= 15 is 0 Å². The molecule has 1 aromatic heterocycles. The van der Waals surface area contributed by atoms with Gasteiger partial charge in [-0.1, -0.05) is 61.0 Å². The third-order valence-corrected chi connectivity index (χ3v) is 7.88. The number of amides is 4. The summed E-state index contributed by atoms with van der Waals surface area (Å²) in [5, 5.41) is 15.8. The van der Waals surface area contributed by atoms with Crippen molar-refractivity contribution in [1.82, 2.24) is 20.1 Å². The van der Waals surface area contributed by atoms with Gasteiger partial charge in [-0.05, 0) is 64.2 Å². The summed E-state index contributed by atoms with van der Waals surface area (Å²) in [6, 6.07) is 17.8. The normalized spacial score (nSPS) is 17.7. The molecule has 1 fully saturated rings. The number of hydrogen-bond acceptors (Lipinski definition) is 8. The Kier molecular flexibility index (Phi) is 11.0. The fourth-order valence-electron chi connectivity index (χ4n) is 5.80. The zero-order valence-corrected chi connectivity index (χ0v) is 26.2. The van der Waals surface area contributed by atoms with E-state index in [0.29, 0.717) is 31.3 Å². The second-order valence-corrected chi connectivity index (χ2v) is 12.7. The van der Waals surface area contributed by atoms with Crippen molar-refractivity contribution in [3.05, 3.63) is 78.0 Å². The number of nitrogens with zero attached hydrogens (tertiary/aromatic N) is 3. The van der Waals surface area contributed by atoms with Crippen molar-refractivity contribution in [3.8, 4) is 0 Å². The van der Waals surface area contributed by atoms with E-state index in [0.717, 1.165) is 22.3 Å². The monoisotopic (exact) mass is 616 g/mol. The highest BCUT2D eigenvalue weighted by atomic mass is 16.3. The van der Waals surface area contributed by atoms with Gasteiger partial charge < -0.3 is 21.9 Å². The van der Waals surface area contributed by atoms with Crippen LogP contribution in [0.1, 0.15) is 68.9 Å². The topological polar surface area (TPSA) is 172 Å². The maximum atomic E-state index is 14.4.